The Kier molecular flexibility index (Phi) is 5.53. The molecule has 0 saturated carbocycles. The van der Waals surface area contributed by atoms with Crippen LogP contribution >= 0.6 is 23.2 Å². The van der Waals surface area contributed by atoms with Crippen LogP contribution in [-0.4, -0.2) is 44.1 Å². The highest BCUT2D eigenvalue weighted by Gasteiger charge is 2.28. The van der Waals surface area contributed by atoms with E-state index in [1.165, 1.54) is 14.2 Å². The second-order valence-electron chi connectivity index (χ2n) is 5.06. The lowest BCUT2D eigenvalue weighted by Crippen LogP contribution is -2.40. The number of esters is 1. The van der Waals surface area contributed by atoms with E-state index in [0.717, 1.165) is 0 Å². The van der Waals surface area contributed by atoms with Crippen molar-refractivity contribution in [1.82, 2.24) is 4.90 Å². The fraction of sp³-hybridized carbons (Fsp3) is 0.467. The SMILES string of the molecule is COC(=O)C1CCN(C(=O)c2cc(Cl)c(OC)c(Cl)c2)CC1. The molecule has 1 aromatic rings. The molecular weight excluding hydrogens is 329 g/mol. The Morgan fingerprint density at radius 1 is 1.14 bits per heavy atom. The van der Waals surface area contributed by atoms with Crippen molar-refractivity contribution in [3.63, 3.8) is 0 Å². The van der Waals surface area contributed by atoms with Gasteiger partial charge in [0.1, 0.15) is 0 Å². The quantitative estimate of drug-likeness (QED) is 0.790. The number of methoxy groups -OCH3 is 2. The number of halogens is 2. The molecule has 0 atom stereocenters. The topological polar surface area (TPSA) is 55.8 Å². The summed E-state index contributed by atoms with van der Waals surface area (Å²) in [5.41, 5.74) is 0.410. The van der Waals surface area contributed by atoms with Crippen molar-refractivity contribution < 1.29 is 19.1 Å². The van der Waals surface area contributed by atoms with Gasteiger partial charge in [-0.1, -0.05) is 23.2 Å². The Hall–Kier alpha value is -1.46. The van der Waals surface area contributed by atoms with Gasteiger partial charge in [-0.15, -0.1) is 0 Å². The van der Waals surface area contributed by atoms with Crippen molar-refractivity contribution >= 4 is 35.1 Å². The van der Waals surface area contributed by atoms with E-state index in [4.69, 9.17) is 32.7 Å². The van der Waals surface area contributed by atoms with Crippen LogP contribution in [0.25, 0.3) is 0 Å². The van der Waals surface area contributed by atoms with Gasteiger partial charge < -0.3 is 14.4 Å². The minimum atomic E-state index is -0.220. The summed E-state index contributed by atoms with van der Waals surface area (Å²) in [6.07, 6.45) is 1.19. The van der Waals surface area contributed by atoms with Gasteiger partial charge in [-0.25, -0.2) is 0 Å². The van der Waals surface area contributed by atoms with Crippen LogP contribution in [0.4, 0.5) is 0 Å². The normalized spacial score (nSPS) is 15.5. The summed E-state index contributed by atoms with van der Waals surface area (Å²) >= 11 is 12.1. The zero-order valence-corrected chi connectivity index (χ0v) is 13.9. The van der Waals surface area contributed by atoms with Crippen molar-refractivity contribution in [1.29, 1.82) is 0 Å². The predicted octanol–water partition coefficient (Wildman–Crippen LogP) is 3.03. The number of piperidine rings is 1. The lowest BCUT2D eigenvalue weighted by molar-refractivity contribution is -0.146. The van der Waals surface area contributed by atoms with E-state index in [2.05, 4.69) is 0 Å². The molecule has 1 saturated heterocycles. The molecule has 5 nitrogen and oxygen atoms in total. The van der Waals surface area contributed by atoms with Crippen LogP contribution in [-0.2, 0) is 9.53 Å². The molecule has 0 radical (unpaired) electrons. The minimum Gasteiger partial charge on any atom is -0.494 e. The summed E-state index contributed by atoms with van der Waals surface area (Å²) in [6, 6.07) is 3.09. The summed E-state index contributed by atoms with van der Waals surface area (Å²) in [4.78, 5) is 25.7. The third-order valence-electron chi connectivity index (χ3n) is 3.77. The molecular formula is C15H17Cl2NO4. The second kappa shape index (κ2) is 7.20. The molecule has 1 heterocycles. The highest BCUT2D eigenvalue weighted by Crippen LogP contribution is 2.34. The fourth-order valence-corrected chi connectivity index (χ4v) is 3.19. The average molecular weight is 346 g/mol. The number of hydrogen-bond donors (Lipinski definition) is 0. The number of benzene rings is 1. The summed E-state index contributed by atoms with van der Waals surface area (Å²) in [7, 11) is 2.84. The van der Waals surface area contributed by atoms with E-state index in [0.29, 0.717) is 47.3 Å². The van der Waals surface area contributed by atoms with Crippen molar-refractivity contribution in [2.45, 2.75) is 12.8 Å². The summed E-state index contributed by atoms with van der Waals surface area (Å²) in [5, 5.41) is 0.589. The summed E-state index contributed by atoms with van der Waals surface area (Å²) in [6.45, 7) is 1.000. The fourth-order valence-electron chi connectivity index (χ4n) is 2.55. The predicted molar refractivity (Wildman–Crippen MR) is 83.7 cm³/mol. The van der Waals surface area contributed by atoms with Crippen LogP contribution < -0.4 is 4.74 Å². The van der Waals surface area contributed by atoms with Crippen molar-refractivity contribution in [2.75, 3.05) is 27.3 Å². The first-order valence-electron chi connectivity index (χ1n) is 6.88. The molecule has 7 heteroatoms. The zero-order chi connectivity index (χ0) is 16.3. The van der Waals surface area contributed by atoms with E-state index < -0.39 is 0 Å². The standard InChI is InChI=1S/C15H17Cl2NO4/c1-21-13-11(16)7-10(8-12(13)17)14(19)18-5-3-9(4-6-18)15(20)22-2/h7-9H,3-6H2,1-2H3. The maximum atomic E-state index is 12.5. The van der Waals surface area contributed by atoms with Crippen LogP contribution in [0.15, 0.2) is 12.1 Å². The molecule has 1 fully saturated rings. The molecule has 1 aromatic carbocycles. The van der Waals surface area contributed by atoms with Crippen LogP contribution in [0.5, 0.6) is 5.75 Å². The first-order valence-corrected chi connectivity index (χ1v) is 7.63. The van der Waals surface area contributed by atoms with Gasteiger partial charge in [0.05, 0.1) is 30.2 Å². The molecule has 0 N–H and O–H groups in total. The molecule has 1 aliphatic rings. The average Bonchev–Trinajstić information content (AvgIpc) is 2.53. The van der Waals surface area contributed by atoms with Crippen LogP contribution in [0.3, 0.4) is 0 Å². The first kappa shape index (κ1) is 16.9. The maximum Gasteiger partial charge on any atom is 0.308 e. The monoisotopic (exact) mass is 345 g/mol. The number of carbonyl (C=O) groups is 2. The highest BCUT2D eigenvalue weighted by molar-refractivity contribution is 6.37. The third kappa shape index (κ3) is 3.47. The molecule has 0 spiro atoms. The molecule has 2 rings (SSSR count). The van der Waals surface area contributed by atoms with E-state index in [1.54, 1.807) is 17.0 Å². The second-order valence-corrected chi connectivity index (χ2v) is 5.88. The molecule has 120 valence electrons. The number of rotatable bonds is 3. The Balaban J connectivity index is 2.09. The Bertz CT molecular complexity index is 560. The Labute approximate surface area is 139 Å². The largest absolute Gasteiger partial charge is 0.494 e. The number of likely N-dealkylation sites (tertiary alicyclic amines) is 1. The number of ether oxygens (including phenoxy) is 2. The van der Waals surface area contributed by atoms with Gasteiger partial charge in [-0.3, -0.25) is 9.59 Å². The van der Waals surface area contributed by atoms with Crippen LogP contribution in [0, 0.1) is 5.92 Å². The number of hydrogen-bond acceptors (Lipinski definition) is 4. The molecule has 0 aromatic heterocycles. The van der Waals surface area contributed by atoms with Crippen molar-refractivity contribution in [3.8, 4) is 5.75 Å². The first-order chi connectivity index (χ1) is 10.5. The lowest BCUT2D eigenvalue weighted by atomic mass is 9.96. The highest BCUT2D eigenvalue weighted by atomic mass is 35.5. The number of carbonyl (C=O) groups excluding carboxylic acids is 2. The van der Waals surface area contributed by atoms with Gasteiger partial charge in [0.25, 0.3) is 5.91 Å². The molecule has 0 aliphatic carbocycles. The minimum absolute atomic E-state index is 0.142. The molecule has 0 unspecified atom stereocenters. The Morgan fingerprint density at radius 3 is 2.14 bits per heavy atom. The van der Waals surface area contributed by atoms with Gasteiger partial charge in [-0.05, 0) is 25.0 Å². The van der Waals surface area contributed by atoms with Crippen LogP contribution in [0.1, 0.15) is 23.2 Å². The van der Waals surface area contributed by atoms with Crippen molar-refractivity contribution in [3.05, 3.63) is 27.7 Å². The number of nitrogens with zero attached hydrogens (tertiary/aromatic N) is 1. The third-order valence-corrected chi connectivity index (χ3v) is 4.33. The van der Waals surface area contributed by atoms with Gasteiger partial charge >= 0.3 is 5.97 Å². The molecule has 22 heavy (non-hydrogen) atoms. The summed E-state index contributed by atoms with van der Waals surface area (Å²) in [5.74, 6) is -0.168. The van der Waals surface area contributed by atoms with E-state index >= 15 is 0 Å². The molecule has 1 aliphatic heterocycles. The van der Waals surface area contributed by atoms with Crippen LogP contribution in [0.2, 0.25) is 10.0 Å². The maximum absolute atomic E-state index is 12.5. The van der Waals surface area contributed by atoms with E-state index in [1.807, 2.05) is 0 Å². The van der Waals surface area contributed by atoms with Gasteiger partial charge in [0, 0.05) is 18.7 Å². The Morgan fingerprint density at radius 2 is 1.68 bits per heavy atom. The van der Waals surface area contributed by atoms with Crippen molar-refractivity contribution in [2.24, 2.45) is 5.92 Å². The van der Waals surface area contributed by atoms with Gasteiger partial charge in [-0.2, -0.15) is 0 Å². The van der Waals surface area contributed by atoms with E-state index in [-0.39, 0.29) is 17.8 Å². The van der Waals surface area contributed by atoms with E-state index in [9.17, 15) is 9.59 Å². The number of amides is 1. The zero-order valence-electron chi connectivity index (χ0n) is 12.4. The smallest absolute Gasteiger partial charge is 0.308 e. The molecule has 1 amide bonds. The molecule has 0 bridgehead atoms. The van der Waals surface area contributed by atoms with Gasteiger partial charge in [0.15, 0.2) is 5.75 Å². The lowest BCUT2D eigenvalue weighted by Gasteiger charge is -2.30. The van der Waals surface area contributed by atoms with Gasteiger partial charge in [0.2, 0.25) is 0 Å². The summed E-state index contributed by atoms with van der Waals surface area (Å²) < 4.78 is 9.80.